The van der Waals surface area contributed by atoms with Gasteiger partial charge < -0.3 is 9.47 Å². The van der Waals surface area contributed by atoms with Gasteiger partial charge in [0.25, 0.3) is 11.6 Å². The molecule has 13 heteroatoms. The van der Waals surface area contributed by atoms with Crippen molar-refractivity contribution in [1.82, 2.24) is 5.43 Å². The Labute approximate surface area is 152 Å². The molecule has 2 aromatic carbocycles. The van der Waals surface area contributed by atoms with E-state index < -0.39 is 56.9 Å². The van der Waals surface area contributed by atoms with Crippen molar-refractivity contribution in [3.8, 4) is 11.5 Å². The number of nitro benzene ring substituents is 1. The van der Waals surface area contributed by atoms with Crippen LogP contribution in [0.2, 0.25) is 0 Å². The van der Waals surface area contributed by atoms with Crippen molar-refractivity contribution in [1.29, 1.82) is 0 Å². The Morgan fingerprint density at radius 3 is 1.96 bits per heavy atom. The molecule has 0 fully saturated rings. The van der Waals surface area contributed by atoms with Gasteiger partial charge in [-0.2, -0.15) is 0 Å². The van der Waals surface area contributed by atoms with Gasteiger partial charge in [0.05, 0.1) is 11.0 Å². The fourth-order valence-electron chi connectivity index (χ4n) is 2.31. The number of hydrogen-bond acceptors (Lipinski definition) is 6. The molecule has 8 nitrogen and oxygen atoms in total. The molecule has 1 amide bonds. The lowest BCUT2D eigenvalue weighted by Gasteiger charge is -2.19. The maximum Gasteiger partial charge on any atom is 0.286 e. The van der Waals surface area contributed by atoms with E-state index in [1.165, 1.54) is 0 Å². The highest BCUT2D eigenvalue weighted by Crippen LogP contribution is 2.36. The molecule has 1 aliphatic heterocycles. The summed E-state index contributed by atoms with van der Waals surface area (Å²) < 4.78 is 76.9. The van der Waals surface area contributed by atoms with Gasteiger partial charge in [-0.05, 0) is 0 Å². The Morgan fingerprint density at radius 1 is 0.929 bits per heavy atom. The molecule has 0 spiro atoms. The van der Waals surface area contributed by atoms with E-state index in [9.17, 15) is 36.9 Å². The van der Waals surface area contributed by atoms with Crippen LogP contribution < -0.4 is 20.3 Å². The number of anilines is 1. The maximum absolute atomic E-state index is 13.6. The van der Waals surface area contributed by atoms with Crippen LogP contribution in [-0.2, 0) is 0 Å². The monoisotopic (exact) mass is 405 g/mol. The minimum atomic E-state index is -2.38. The molecular weight excluding hydrogens is 397 g/mol. The largest absolute Gasteiger partial charge is 0.486 e. The van der Waals surface area contributed by atoms with Gasteiger partial charge in [0, 0.05) is 6.07 Å². The first-order valence-electron chi connectivity index (χ1n) is 7.38. The second-order valence-electron chi connectivity index (χ2n) is 5.29. The van der Waals surface area contributed by atoms with Gasteiger partial charge in [0.2, 0.25) is 5.82 Å². The lowest BCUT2D eigenvalue weighted by Crippen LogP contribution is -2.31. The number of hydrazine groups is 1. The van der Waals surface area contributed by atoms with Crippen LogP contribution in [0.5, 0.6) is 11.5 Å². The Balaban J connectivity index is 1.92. The third kappa shape index (κ3) is 3.21. The highest BCUT2D eigenvalue weighted by Gasteiger charge is 2.29. The summed E-state index contributed by atoms with van der Waals surface area (Å²) in [6, 6.07) is 1.85. The number of nitrogens with one attached hydrogen (secondary N) is 2. The van der Waals surface area contributed by atoms with Crippen LogP contribution in [0.25, 0.3) is 0 Å². The van der Waals surface area contributed by atoms with E-state index in [2.05, 4.69) is 0 Å². The number of ether oxygens (including phenoxy) is 2. The van der Waals surface area contributed by atoms with E-state index in [-0.39, 0.29) is 24.7 Å². The Kier molecular flexibility index (Phi) is 4.90. The molecule has 0 bridgehead atoms. The molecule has 0 aliphatic carbocycles. The van der Waals surface area contributed by atoms with Crippen molar-refractivity contribution in [3.05, 3.63) is 56.9 Å². The molecule has 0 unspecified atom stereocenters. The fourth-order valence-corrected chi connectivity index (χ4v) is 2.31. The van der Waals surface area contributed by atoms with Crippen LogP contribution in [-0.4, -0.2) is 24.0 Å². The van der Waals surface area contributed by atoms with E-state index >= 15 is 0 Å². The zero-order valence-corrected chi connectivity index (χ0v) is 13.4. The van der Waals surface area contributed by atoms with Crippen LogP contribution >= 0.6 is 0 Å². The zero-order chi connectivity index (χ0) is 20.6. The first-order valence-corrected chi connectivity index (χ1v) is 7.38. The summed E-state index contributed by atoms with van der Waals surface area (Å²) in [5.41, 5.74) is 0.313. The Morgan fingerprint density at radius 2 is 1.43 bits per heavy atom. The van der Waals surface area contributed by atoms with Crippen molar-refractivity contribution in [2.45, 2.75) is 0 Å². The van der Waals surface area contributed by atoms with Crippen LogP contribution in [0.3, 0.4) is 0 Å². The highest BCUT2D eigenvalue weighted by molar-refractivity contribution is 5.99. The molecule has 0 radical (unpaired) electrons. The van der Waals surface area contributed by atoms with E-state index in [4.69, 9.17) is 9.47 Å². The summed E-state index contributed by atoms with van der Waals surface area (Å²) in [5.74, 6) is -12.6. The lowest BCUT2D eigenvalue weighted by atomic mass is 10.1. The van der Waals surface area contributed by atoms with Crippen molar-refractivity contribution >= 4 is 17.3 Å². The molecule has 0 saturated carbocycles. The Bertz CT molecular complexity index is 972. The van der Waals surface area contributed by atoms with E-state index in [1.54, 1.807) is 10.9 Å². The number of rotatable bonds is 4. The third-order valence-electron chi connectivity index (χ3n) is 3.61. The van der Waals surface area contributed by atoms with Crippen molar-refractivity contribution in [2.24, 2.45) is 0 Å². The summed E-state index contributed by atoms with van der Waals surface area (Å²) in [6.07, 6.45) is 0. The smallest absolute Gasteiger partial charge is 0.286 e. The minimum Gasteiger partial charge on any atom is -0.486 e. The Hall–Kier alpha value is -3.64. The number of halogens is 5. The summed E-state index contributed by atoms with van der Waals surface area (Å²) >= 11 is 0. The first kappa shape index (κ1) is 19.1. The summed E-state index contributed by atoms with van der Waals surface area (Å²) in [4.78, 5) is 22.5. The maximum atomic E-state index is 13.6. The molecular formula is C15H8F5N3O5. The van der Waals surface area contributed by atoms with E-state index in [0.29, 0.717) is 0 Å². The van der Waals surface area contributed by atoms with Crippen LogP contribution in [0, 0.1) is 39.2 Å². The molecule has 148 valence electrons. The number of hydrogen-bond donors (Lipinski definition) is 2. The molecule has 0 aromatic heterocycles. The molecule has 3 rings (SSSR count). The summed E-state index contributed by atoms with van der Waals surface area (Å²) in [5, 5.41) is 11.2. The molecule has 2 aromatic rings. The number of carbonyl (C=O) groups is 1. The number of nitro groups is 1. The average molecular weight is 405 g/mol. The van der Waals surface area contributed by atoms with Gasteiger partial charge in [0.1, 0.15) is 24.5 Å². The molecule has 1 aliphatic rings. The predicted molar refractivity (Wildman–Crippen MR) is 81.4 cm³/mol. The number of nitrogens with zero attached hydrogens (tertiary/aromatic N) is 1. The minimum absolute atomic E-state index is 0.00164. The molecule has 0 saturated heterocycles. The third-order valence-corrected chi connectivity index (χ3v) is 3.61. The predicted octanol–water partition coefficient (Wildman–Crippen LogP) is 2.82. The fraction of sp³-hybridized carbons (Fsp3) is 0.133. The number of amides is 1. The van der Waals surface area contributed by atoms with Crippen molar-refractivity contribution in [2.75, 3.05) is 18.6 Å². The van der Waals surface area contributed by atoms with Crippen molar-refractivity contribution < 1.29 is 41.1 Å². The van der Waals surface area contributed by atoms with Crippen LogP contribution in [0.1, 0.15) is 10.4 Å². The average Bonchev–Trinajstić information content (AvgIpc) is 2.69. The number of fused-ring (bicyclic) bond motifs is 1. The topological polar surface area (TPSA) is 103 Å². The quantitative estimate of drug-likeness (QED) is 0.267. The summed E-state index contributed by atoms with van der Waals surface area (Å²) in [7, 11) is 0. The standard InChI is InChI=1S/C15H8F5N3O5/c16-9-10(17)12(19)14(13(20)11(9)18)21-22-15(24)5-3-7-8(28-2-1-27-7)4-6(5)23(25)26/h3-4,21H,1-2H2,(H,22,24). The van der Waals surface area contributed by atoms with Crippen molar-refractivity contribution in [3.63, 3.8) is 0 Å². The molecule has 0 atom stereocenters. The zero-order valence-electron chi connectivity index (χ0n) is 13.4. The number of benzene rings is 2. The molecule has 28 heavy (non-hydrogen) atoms. The lowest BCUT2D eigenvalue weighted by molar-refractivity contribution is -0.385. The van der Waals surface area contributed by atoms with Gasteiger partial charge in [-0.25, -0.2) is 22.0 Å². The van der Waals surface area contributed by atoms with Crippen LogP contribution in [0.4, 0.5) is 33.3 Å². The second kappa shape index (κ2) is 7.17. The normalized spacial score (nSPS) is 12.5. The summed E-state index contributed by atoms with van der Waals surface area (Å²) in [6.45, 7) is 0.228. The van der Waals surface area contributed by atoms with Gasteiger partial charge in [-0.3, -0.25) is 25.8 Å². The van der Waals surface area contributed by atoms with Gasteiger partial charge in [-0.1, -0.05) is 0 Å². The molecule has 1 heterocycles. The number of carbonyl (C=O) groups excluding carboxylic acids is 1. The SMILES string of the molecule is O=C(NNc1c(F)c(F)c(F)c(F)c1F)c1cc2c(cc1[N+](=O)[O-])OCCO2. The van der Waals surface area contributed by atoms with Gasteiger partial charge in [-0.15, -0.1) is 0 Å². The van der Waals surface area contributed by atoms with Crippen LogP contribution in [0.15, 0.2) is 12.1 Å². The van der Waals surface area contributed by atoms with E-state index in [0.717, 1.165) is 12.1 Å². The highest BCUT2D eigenvalue weighted by atomic mass is 19.2. The molecule has 2 N–H and O–H groups in total. The van der Waals surface area contributed by atoms with Gasteiger partial charge >= 0.3 is 0 Å². The van der Waals surface area contributed by atoms with E-state index in [1.807, 2.05) is 0 Å². The first-order chi connectivity index (χ1) is 13.2. The second-order valence-corrected chi connectivity index (χ2v) is 5.29. The van der Waals surface area contributed by atoms with Gasteiger partial charge in [0.15, 0.2) is 34.8 Å².